The Morgan fingerprint density at radius 1 is 1.27 bits per heavy atom. The third-order valence-electron chi connectivity index (χ3n) is 7.68. The molecule has 0 fully saturated rings. The topological polar surface area (TPSA) is 162 Å². The Labute approximate surface area is 210 Å². The molecule has 37 heavy (non-hydrogen) atoms. The summed E-state index contributed by atoms with van der Waals surface area (Å²) in [5.41, 5.74) is -0.266. The lowest BCUT2D eigenvalue weighted by Gasteiger charge is -2.29. The van der Waals surface area contributed by atoms with Gasteiger partial charge >= 0.3 is 5.97 Å². The van der Waals surface area contributed by atoms with Gasteiger partial charge in [-0.25, -0.2) is 14.2 Å². The zero-order chi connectivity index (χ0) is 26.8. The van der Waals surface area contributed by atoms with Crippen LogP contribution in [0.1, 0.15) is 59.2 Å². The van der Waals surface area contributed by atoms with Crippen LogP contribution in [0.5, 0.6) is 0 Å². The molecule has 0 spiro atoms. The Bertz CT molecular complexity index is 1560. The molecule has 3 aromatic rings. The second-order valence-electron chi connectivity index (χ2n) is 9.52. The van der Waals surface area contributed by atoms with E-state index in [-0.39, 0.29) is 29.8 Å². The molecule has 194 valence electrons. The molecule has 0 radical (unpaired) electrons. The van der Waals surface area contributed by atoms with Crippen molar-refractivity contribution in [2.24, 2.45) is 0 Å². The summed E-state index contributed by atoms with van der Waals surface area (Å²) >= 11 is 0. The number of pyridine rings is 2. The molecule has 2 aliphatic rings. The van der Waals surface area contributed by atoms with E-state index in [1.165, 1.54) is 23.6 Å². The number of rotatable bonds is 6. The first-order valence-electron chi connectivity index (χ1n) is 12.0. The highest BCUT2D eigenvalue weighted by atomic mass is 19.1. The Balaban J connectivity index is 1.86. The normalized spacial score (nSPS) is 17.3. The highest BCUT2D eigenvalue weighted by Crippen LogP contribution is 2.45. The van der Waals surface area contributed by atoms with Gasteiger partial charge in [0.05, 0.1) is 36.1 Å². The lowest BCUT2D eigenvalue weighted by atomic mass is 9.81. The highest BCUT2D eigenvalue weighted by Gasteiger charge is 2.41. The van der Waals surface area contributed by atoms with E-state index in [0.717, 1.165) is 5.56 Å². The van der Waals surface area contributed by atoms with Crippen molar-refractivity contribution in [2.75, 3.05) is 6.61 Å². The van der Waals surface area contributed by atoms with Gasteiger partial charge in [0.25, 0.3) is 5.56 Å². The van der Waals surface area contributed by atoms with Gasteiger partial charge in [-0.05, 0) is 48.9 Å². The number of aliphatic hydroxyl groups is 3. The Hall–Kier alpha value is -3.67. The van der Waals surface area contributed by atoms with Crippen molar-refractivity contribution in [1.29, 1.82) is 0 Å². The van der Waals surface area contributed by atoms with Crippen LogP contribution in [0.2, 0.25) is 0 Å². The number of fused-ring (bicyclic) bond motifs is 4. The first-order valence-corrected chi connectivity index (χ1v) is 12.0. The number of amides is 1. The maximum absolute atomic E-state index is 14.9. The molecule has 1 aliphatic heterocycles. The first-order chi connectivity index (χ1) is 17.6. The summed E-state index contributed by atoms with van der Waals surface area (Å²) in [6.45, 7) is 1.64. The molecule has 5 rings (SSSR count). The molecule has 10 nitrogen and oxygen atoms in total. The third kappa shape index (κ3) is 3.49. The molecular weight excluding hydrogens is 485 g/mol. The molecule has 2 atom stereocenters. The summed E-state index contributed by atoms with van der Waals surface area (Å²) in [6, 6.07) is 2.10. The molecule has 1 aliphatic carbocycles. The quantitative estimate of drug-likeness (QED) is 0.257. The summed E-state index contributed by atoms with van der Waals surface area (Å²) in [5.74, 6) is -2.60. The maximum atomic E-state index is 14.9. The van der Waals surface area contributed by atoms with E-state index < -0.39 is 48.1 Å². The van der Waals surface area contributed by atoms with Crippen LogP contribution in [-0.2, 0) is 34.8 Å². The molecule has 0 saturated carbocycles. The number of carbonyl (C=O) groups is 2. The molecule has 0 unspecified atom stereocenters. The van der Waals surface area contributed by atoms with Crippen molar-refractivity contribution < 1.29 is 34.4 Å². The fraction of sp³-hybridized carbons (Fsp3) is 0.385. The van der Waals surface area contributed by atoms with Gasteiger partial charge < -0.3 is 30.3 Å². The lowest BCUT2D eigenvalue weighted by molar-refractivity contribution is -0.160. The number of hydrogen-bond donors (Lipinski definition) is 5. The van der Waals surface area contributed by atoms with Crippen molar-refractivity contribution >= 4 is 22.8 Å². The van der Waals surface area contributed by atoms with Crippen LogP contribution in [0.15, 0.2) is 16.9 Å². The largest absolute Gasteiger partial charge is 0.479 e. The molecule has 0 saturated heterocycles. The second-order valence-corrected chi connectivity index (χ2v) is 9.52. The van der Waals surface area contributed by atoms with E-state index in [9.17, 15) is 39.2 Å². The molecule has 5 N–H and O–H groups in total. The molecule has 1 aromatic carbocycles. The van der Waals surface area contributed by atoms with Crippen LogP contribution in [0.3, 0.4) is 0 Å². The number of aliphatic hydroxyl groups excluding tert-OH is 2. The van der Waals surface area contributed by atoms with Gasteiger partial charge in [-0.3, -0.25) is 9.59 Å². The minimum absolute atomic E-state index is 0.0219. The van der Waals surface area contributed by atoms with Crippen molar-refractivity contribution in [3.05, 3.63) is 61.7 Å². The van der Waals surface area contributed by atoms with Gasteiger partial charge in [-0.1, -0.05) is 6.92 Å². The Morgan fingerprint density at radius 2 is 2.00 bits per heavy atom. The van der Waals surface area contributed by atoms with Crippen LogP contribution in [0.4, 0.5) is 4.39 Å². The van der Waals surface area contributed by atoms with Gasteiger partial charge in [-0.15, -0.1) is 0 Å². The Kier molecular flexibility index (Phi) is 5.89. The van der Waals surface area contributed by atoms with E-state index in [1.807, 2.05) is 0 Å². The van der Waals surface area contributed by atoms with Crippen molar-refractivity contribution in [3.8, 4) is 11.4 Å². The van der Waals surface area contributed by atoms with Crippen molar-refractivity contribution in [1.82, 2.24) is 14.9 Å². The van der Waals surface area contributed by atoms with Crippen LogP contribution in [0, 0.1) is 12.7 Å². The standard InChI is InChI=1S/C26H26FN3O7/c1-3-26(37,25(35)36)15-6-19-23-13(8-30(19)24(34)14(15)9-31)22-17(28-20(33)10-32)5-4-12-11(2)16(27)7-18(29-23)21(12)22/h6-7,17,31-32,37H,3-5,8-10H2,1-2H3,(H,28,33)(H,35,36)/t17-,26-/m0/s1. The number of aryl methyl sites for hydroxylation is 1. The predicted molar refractivity (Wildman–Crippen MR) is 129 cm³/mol. The number of aromatic nitrogens is 2. The molecular formula is C26H26FN3O7. The van der Waals surface area contributed by atoms with Gasteiger partial charge in [0.2, 0.25) is 5.91 Å². The summed E-state index contributed by atoms with van der Waals surface area (Å²) in [7, 11) is 0. The summed E-state index contributed by atoms with van der Waals surface area (Å²) in [4.78, 5) is 42.3. The minimum Gasteiger partial charge on any atom is -0.479 e. The summed E-state index contributed by atoms with van der Waals surface area (Å²) in [5, 5.41) is 43.5. The van der Waals surface area contributed by atoms with Gasteiger partial charge in [0.1, 0.15) is 12.4 Å². The third-order valence-corrected chi connectivity index (χ3v) is 7.68. The minimum atomic E-state index is -2.42. The number of nitrogens with zero attached hydrogens (tertiary/aromatic N) is 2. The number of carboxylic acids is 1. The SMILES string of the molecule is CC[C@@](O)(C(=O)O)c1cc2n(c(=O)c1CO)Cc1c-2nc2cc(F)c(C)c3c2c1[C@@H](NC(=O)CO)CC3. The van der Waals surface area contributed by atoms with Crippen molar-refractivity contribution in [2.45, 2.75) is 57.9 Å². The lowest BCUT2D eigenvalue weighted by Crippen LogP contribution is -2.39. The average Bonchev–Trinajstić information content (AvgIpc) is 3.25. The van der Waals surface area contributed by atoms with Crippen LogP contribution in [-0.4, -0.2) is 48.5 Å². The second kappa shape index (κ2) is 8.72. The number of aliphatic carboxylic acids is 1. The van der Waals surface area contributed by atoms with Crippen molar-refractivity contribution in [3.63, 3.8) is 0 Å². The predicted octanol–water partition coefficient (Wildman–Crippen LogP) is 1.14. The number of carbonyl (C=O) groups excluding carboxylic acids is 1. The van der Waals surface area contributed by atoms with Gasteiger partial charge in [0.15, 0.2) is 5.60 Å². The maximum Gasteiger partial charge on any atom is 0.340 e. The zero-order valence-electron chi connectivity index (χ0n) is 20.3. The molecule has 1 amide bonds. The monoisotopic (exact) mass is 511 g/mol. The molecule has 3 heterocycles. The van der Waals surface area contributed by atoms with E-state index in [1.54, 1.807) is 6.92 Å². The molecule has 2 aromatic heterocycles. The van der Waals surface area contributed by atoms with Crippen LogP contribution in [0.25, 0.3) is 22.3 Å². The number of hydrogen-bond acceptors (Lipinski definition) is 7. The number of carboxylic acid groups (broad SMARTS) is 1. The summed E-state index contributed by atoms with van der Waals surface area (Å²) in [6.07, 6.45) is 0.643. The number of nitrogens with one attached hydrogen (secondary N) is 1. The Morgan fingerprint density at radius 3 is 2.62 bits per heavy atom. The smallest absolute Gasteiger partial charge is 0.340 e. The van der Waals surface area contributed by atoms with E-state index >= 15 is 0 Å². The average molecular weight is 512 g/mol. The van der Waals surface area contributed by atoms with Crippen LogP contribution >= 0.6 is 0 Å². The fourth-order valence-electron chi connectivity index (χ4n) is 5.71. The molecule has 0 bridgehead atoms. The van der Waals surface area contributed by atoms with Crippen LogP contribution < -0.4 is 10.9 Å². The summed E-state index contributed by atoms with van der Waals surface area (Å²) < 4.78 is 16.2. The molecule has 11 heteroatoms. The fourth-order valence-corrected chi connectivity index (χ4v) is 5.71. The van der Waals surface area contributed by atoms with Gasteiger partial charge in [-0.2, -0.15) is 0 Å². The highest BCUT2D eigenvalue weighted by molar-refractivity contribution is 5.93. The van der Waals surface area contributed by atoms with E-state index in [4.69, 9.17) is 0 Å². The number of halogens is 1. The van der Waals surface area contributed by atoms with E-state index in [0.29, 0.717) is 46.1 Å². The van der Waals surface area contributed by atoms with E-state index in [2.05, 4.69) is 10.3 Å². The van der Waals surface area contributed by atoms with Gasteiger partial charge in [0, 0.05) is 28.1 Å². The number of benzene rings is 1. The first kappa shape index (κ1) is 25.0. The zero-order valence-corrected chi connectivity index (χ0v) is 20.3.